The molecular formula is C15H18ClN7. The fraction of sp³-hybridized carbons (Fsp3) is 0.400. The standard InChI is InChI=1S/C15H18ClN7/c1-22-8-10(6-20-22)11-7-19-15-12(16)13(21-14(11)23(15)17)9-3-2-4-18-5-9/h6-9,18H,2-5,17H2,1H3. The second-order valence-corrected chi connectivity index (χ2v) is 6.32. The average molecular weight is 332 g/mol. The SMILES string of the molecule is Cn1cc(C2=CN=C3C(Cl)=C(C4CCCNC4)N=C2N3N)cn1. The van der Waals surface area contributed by atoms with Gasteiger partial charge in [-0.1, -0.05) is 11.6 Å². The Kier molecular flexibility index (Phi) is 3.56. The number of hydrogen-bond acceptors (Lipinski definition) is 6. The van der Waals surface area contributed by atoms with E-state index in [1.54, 1.807) is 17.1 Å². The summed E-state index contributed by atoms with van der Waals surface area (Å²) >= 11 is 6.52. The minimum Gasteiger partial charge on any atom is -0.316 e. The topological polar surface area (TPSA) is 83.8 Å². The highest BCUT2D eigenvalue weighted by Crippen LogP contribution is 2.34. The van der Waals surface area contributed by atoms with Crippen LogP contribution < -0.4 is 11.2 Å². The van der Waals surface area contributed by atoms with Gasteiger partial charge in [-0.05, 0) is 19.4 Å². The fourth-order valence-corrected chi connectivity index (χ4v) is 3.49. The number of rotatable bonds is 2. The Labute approximate surface area is 139 Å². The maximum atomic E-state index is 6.52. The number of nitrogens with zero attached hydrogens (tertiary/aromatic N) is 5. The lowest BCUT2D eigenvalue weighted by Crippen LogP contribution is -2.48. The Morgan fingerprint density at radius 2 is 2.26 bits per heavy atom. The zero-order chi connectivity index (χ0) is 16.0. The lowest BCUT2D eigenvalue weighted by molar-refractivity contribution is 0.417. The molecular weight excluding hydrogens is 314 g/mol. The van der Waals surface area contributed by atoms with Crippen molar-refractivity contribution in [3.05, 3.63) is 34.9 Å². The van der Waals surface area contributed by atoms with Crippen molar-refractivity contribution in [3.63, 3.8) is 0 Å². The molecule has 1 atom stereocenters. The van der Waals surface area contributed by atoms with Gasteiger partial charge in [-0.25, -0.2) is 20.8 Å². The molecule has 1 aromatic heterocycles. The molecule has 7 nitrogen and oxygen atoms in total. The first kappa shape index (κ1) is 14.6. The molecule has 3 N–H and O–H groups in total. The summed E-state index contributed by atoms with van der Waals surface area (Å²) in [5, 5.41) is 9.62. The smallest absolute Gasteiger partial charge is 0.169 e. The predicted molar refractivity (Wildman–Crippen MR) is 90.6 cm³/mol. The molecule has 0 spiro atoms. The van der Waals surface area contributed by atoms with E-state index in [0.29, 0.717) is 22.6 Å². The quantitative estimate of drug-likeness (QED) is 0.798. The molecule has 3 aliphatic heterocycles. The maximum absolute atomic E-state index is 6.52. The Hall–Kier alpha value is -1.96. The summed E-state index contributed by atoms with van der Waals surface area (Å²) in [6, 6.07) is 0. The van der Waals surface area contributed by atoms with Gasteiger partial charge in [0.05, 0.1) is 11.9 Å². The highest BCUT2D eigenvalue weighted by atomic mass is 35.5. The van der Waals surface area contributed by atoms with Gasteiger partial charge >= 0.3 is 0 Å². The van der Waals surface area contributed by atoms with Crippen molar-refractivity contribution in [2.75, 3.05) is 13.1 Å². The molecule has 1 fully saturated rings. The van der Waals surface area contributed by atoms with Crippen molar-refractivity contribution in [3.8, 4) is 0 Å². The Balaban J connectivity index is 1.77. The van der Waals surface area contributed by atoms with E-state index < -0.39 is 0 Å². The number of hydrogen-bond donors (Lipinski definition) is 2. The van der Waals surface area contributed by atoms with Gasteiger partial charge < -0.3 is 5.32 Å². The van der Waals surface area contributed by atoms with Crippen LogP contribution in [0.25, 0.3) is 5.57 Å². The van der Waals surface area contributed by atoms with Crippen molar-refractivity contribution in [2.45, 2.75) is 12.8 Å². The number of hydrazine groups is 1. The van der Waals surface area contributed by atoms with Crippen LogP contribution in [0, 0.1) is 5.92 Å². The van der Waals surface area contributed by atoms with E-state index in [9.17, 15) is 0 Å². The Morgan fingerprint density at radius 3 is 2.96 bits per heavy atom. The molecule has 23 heavy (non-hydrogen) atoms. The molecule has 1 saturated heterocycles. The van der Waals surface area contributed by atoms with Gasteiger partial charge in [0, 0.05) is 43.0 Å². The first-order valence-electron chi connectivity index (χ1n) is 7.67. The Bertz CT molecular complexity index is 765. The van der Waals surface area contributed by atoms with Crippen LogP contribution in [0.1, 0.15) is 18.4 Å². The number of halogens is 1. The lowest BCUT2D eigenvalue weighted by Gasteiger charge is -2.33. The molecule has 1 unspecified atom stereocenters. The first-order chi connectivity index (χ1) is 11.1. The van der Waals surface area contributed by atoms with E-state index in [1.165, 1.54) is 5.01 Å². The third kappa shape index (κ3) is 2.41. The van der Waals surface area contributed by atoms with Gasteiger partial charge in [0.25, 0.3) is 0 Å². The normalized spacial score (nSPS) is 24.4. The van der Waals surface area contributed by atoms with Gasteiger partial charge in [0.15, 0.2) is 11.7 Å². The van der Waals surface area contributed by atoms with Crippen LogP contribution >= 0.6 is 11.6 Å². The molecule has 0 radical (unpaired) electrons. The van der Waals surface area contributed by atoms with E-state index in [4.69, 9.17) is 22.4 Å². The zero-order valence-corrected chi connectivity index (χ0v) is 13.6. The number of nitrogens with two attached hydrogens (primary N) is 1. The molecule has 3 aliphatic rings. The minimum absolute atomic E-state index is 0.290. The van der Waals surface area contributed by atoms with Crippen LogP contribution in [0.4, 0.5) is 0 Å². The number of piperidine rings is 1. The molecule has 4 rings (SSSR count). The first-order valence-corrected chi connectivity index (χ1v) is 8.04. The van der Waals surface area contributed by atoms with Crippen LogP contribution in [-0.2, 0) is 7.05 Å². The summed E-state index contributed by atoms with van der Waals surface area (Å²) < 4.78 is 1.74. The van der Waals surface area contributed by atoms with Crippen LogP contribution in [-0.4, -0.2) is 39.6 Å². The number of fused-ring (bicyclic) bond motifs is 2. The van der Waals surface area contributed by atoms with Gasteiger partial charge in [0.1, 0.15) is 5.03 Å². The van der Waals surface area contributed by atoms with Crippen LogP contribution in [0.5, 0.6) is 0 Å². The minimum atomic E-state index is 0.290. The van der Waals surface area contributed by atoms with Gasteiger partial charge in [-0.2, -0.15) is 5.10 Å². The number of aliphatic imine (C=N–C) groups is 2. The van der Waals surface area contributed by atoms with Crippen LogP contribution in [0.15, 0.2) is 39.3 Å². The molecule has 2 bridgehead atoms. The third-order valence-corrected chi connectivity index (χ3v) is 4.72. The van der Waals surface area contributed by atoms with E-state index in [1.807, 2.05) is 13.2 Å². The second kappa shape index (κ2) is 5.59. The average Bonchev–Trinajstić information content (AvgIpc) is 2.98. The monoisotopic (exact) mass is 331 g/mol. The summed E-state index contributed by atoms with van der Waals surface area (Å²) in [5.41, 5.74) is 2.67. The third-order valence-electron chi connectivity index (χ3n) is 4.36. The van der Waals surface area contributed by atoms with Crippen molar-refractivity contribution in [1.29, 1.82) is 0 Å². The molecule has 0 saturated carbocycles. The highest BCUT2D eigenvalue weighted by molar-refractivity contribution is 6.47. The van der Waals surface area contributed by atoms with E-state index in [-0.39, 0.29) is 0 Å². The number of aryl methyl sites for hydroxylation is 1. The second-order valence-electron chi connectivity index (χ2n) is 5.95. The summed E-state index contributed by atoms with van der Waals surface area (Å²) in [5.74, 6) is 7.69. The van der Waals surface area contributed by atoms with E-state index in [0.717, 1.165) is 42.8 Å². The molecule has 0 amide bonds. The van der Waals surface area contributed by atoms with Crippen molar-refractivity contribution >= 4 is 28.8 Å². The van der Waals surface area contributed by atoms with Crippen molar-refractivity contribution < 1.29 is 0 Å². The summed E-state index contributed by atoms with van der Waals surface area (Å²) in [6.45, 7) is 1.93. The zero-order valence-electron chi connectivity index (χ0n) is 12.8. The number of aromatic nitrogens is 2. The molecule has 0 aliphatic carbocycles. The predicted octanol–water partition coefficient (Wildman–Crippen LogP) is 1.21. The molecule has 8 heteroatoms. The number of nitrogens with one attached hydrogen (secondary N) is 1. The summed E-state index contributed by atoms with van der Waals surface area (Å²) in [4.78, 5) is 9.25. The summed E-state index contributed by atoms with van der Waals surface area (Å²) in [6.07, 6.45) is 7.65. The maximum Gasteiger partial charge on any atom is 0.169 e. The largest absolute Gasteiger partial charge is 0.316 e. The van der Waals surface area contributed by atoms with E-state index in [2.05, 4.69) is 15.4 Å². The summed E-state index contributed by atoms with van der Waals surface area (Å²) in [7, 11) is 1.88. The van der Waals surface area contributed by atoms with Crippen molar-refractivity contribution in [1.82, 2.24) is 20.1 Å². The fourth-order valence-electron chi connectivity index (χ4n) is 3.15. The van der Waals surface area contributed by atoms with Crippen LogP contribution in [0.2, 0.25) is 0 Å². The van der Waals surface area contributed by atoms with Crippen LogP contribution in [0.3, 0.4) is 0 Å². The van der Waals surface area contributed by atoms with Gasteiger partial charge in [-0.3, -0.25) is 4.68 Å². The highest BCUT2D eigenvalue weighted by Gasteiger charge is 2.34. The molecule has 4 heterocycles. The van der Waals surface area contributed by atoms with E-state index >= 15 is 0 Å². The molecule has 0 aromatic carbocycles. The molecule has 1 aromatic rings. The Morgan fingerprint density at radius 1 is 1.39 bits per heavy atom. The van der Waals surface area contributed by atoms with Crippen molar-refractivity contribution in [2.24, 2.45) is 28.8 Å². The van der Waals surface area contributed by atoms with Gasteiger partial charge in [0.2, 0.25) is 0 Å². The molecule has 120 valence electrons. The number of amidine groups is 2. The van der Waals surface area contributed by atoms with Gasteiger partial charge in [-0.15, -0.1) is 0 Å². The lowest BCUT2D eigenvalue weighted by atomic mass is 9.94.